The SMILES string of the molecule is COc1ccc(CCN(Cc2ccc(C)s2)C(=O)CN(C(=O)Nc2cccc(Cl)c2)C(C)C)cc1OC. The number of nitrogens with one attached hydrogen (secondary N) is 1. The Kier molecular flexibility index (Phi) is 10.2. The highest BCUT2D eigenvalue weighted by Gasteiger charge is 2.24. The molecule has 0 atom stereocenters. The summed E-state index contributed by atoms with van der Waals surface area (Å²) in [5.41, 5.74) is 1.60. The molecule has 1 aromatic heterocycles. The second-order valence-corrected chi connectivity index (χ2v) is 10.7. The predicted molar refractivity (Wildman–Crippen MR) is 150 cm³/mol. The second-order valence-electron chi connectivity index (χ2n) is 8.93. The molecule has 2 aromatic carbocycles. The first-order chi connectivity index (χ1) is 17.7. The van der Waals surface area contributed by atoms with E-state index in [1.165, 1.54) is 9.78 Å². The molecule has 0 saturated heterocycles. The van der Waals surface area contributed by atoms with Gasteiger partial charge in [-0.15, -0.1) is 11.3 Å². The molecule has 0 aliphatic rings. The van der Waals surface area contributed by atoms with E-state index in [-0.39, 0.29) is 24.5 Å². The highest BCUT2D eigenvalue weighted by molar-refractivity contribution is 7.11. The van der Waals surface area contributed by atoms with E-state index in [4.69, 9.17) is 21.1 Å². The van der Waals surface area contributed by atoms with Crippen molar-refractivity contribution in [2.75, 3.05) is 32.6 Å². The van der Waals surface area contributed by atoms with Gasteiger partial charge in [0.2, 0.25) is 5.91 Å². The summed E-state index contributed by atoms with van der Waals surface area (Å²) in [4.78, 5) is 32.3. The zero-order valence-corrected chi connectivity index (χ0v) is 23.5. The normalized spacial score (nSPS) is 10.8. The van der Waals surface area contributed by atoms with Crippen molar-refractivity contribution in [3.05, 3.63) is 74.9 Å². The number of benzene rings is 2. The van der Waals surface area contributed by atoms with Gasteiger partial charge in [-0.05, 0) is 75.2 Å². The largest absolute Gasteiger partial charge is 0.493 e. The number of anilines is 1. The van der Waals surface area contributed by atoms with E-state index in [9.17, 15) is 9.59 Å². The third-order valence-electron chi connectivity index (χ3n) is 5.88. The third-order valence-corrected chi connectivity index (χ3v) is 7.10. The van der Waals surface area contributed by atoms with Crippen LogP contribution in [0.3, 0.4) is 0 Å². The first-order valence-electron chi connectivity index (χ1n) is 12.1. The van der Waals surface area contributed by atoms with Gasteiger partial charge < -0.3 is 24.6 Å². The predicted octanol–water partition coefficient (Wildman–Crippen LogP) is 6.24. The minimum Gasteiger partial charge on any atom is -0.493 e. The number of nitrogens with zero attached hydrogens (tertiary/aromatic N) is 2. The summed E-state index contributed by atoms with van der Waals surface area (Å²) < 4.78 is 10.8. The number of urea groups is 1. The molecule has 1 heterocycles. The lowest BCUT2D eigenvalue weighted by Crippen LogP contribution is -2.47. The number of rotatable bonds is 11. The number of aryl methyl sites for hydroxylation is 1. The van der Waals surface area contributed by atoms with Crippen LogP contribution in [0.4, 0.5) is 10.5 Å². The molecule has 0 saturated carbocycles. The maximum Gasteiger partial charge on any atom is 0.322 e. The zero-order valence-electron chi connectivity index (χ0n) is 21.9. The van der Waals surface area contributed by atoms with Gasteiger partial charge in [0.05, 0.1) is 20.8 Å². The number of amides is 3. The number of ether oxygens (including phenoxy) is 2. The Hall–Kier alpha value is -3.23. The van der Waals surface area contributed by atoms with Gasteiger partial charge in [0.1, 0.15) is 6.54 Å². The van der Waals surface area contributed by atoms with Crippen LogP contribution in [0.1, 0.15) is 29.2 Å². The Bertz CT molecular complexity index is 1210. The Morgan fingerprint density at radius 2 is 1.78 bits per heavy atom. The van der Waals surface area contributed by atoms with Crippen LogP contribution in [0.5, 0.6) is 11.5 Å². The summed E-state index contributed by atoms with van der Waals surface area (Å²) in [6, 6.07) is 16.3. The summed E-state index contributed by atoms with van der Waals surface area (Å²) in [7, 11) is 3.20. The fourth-order valence-electron chi connectivity index (χ4n) is 3.85. The van der Waals surface area contributed by atoms with Crippen LogP contribution in [-0.2, 0) is 17.8 Å². The highest BCUT2D eigenvalue weighted by atomic mass is 35.5. The van der Waals surface area contributed by atoms with Crippen molar-refractivity contribution in [1.82, 2.24) is 9.80 Å². The van der Waals surface area contributed by atoms with E-state index < -0.39 is 0 Å². The maximum atomic E-state index is 13.6. The van der Waals surface area contributed by atoms with E-state index >= 15 is 0 Å². The van der Waals surface area contributed by atoms with Crippen LogP contribution in [0, 0.1) is 6.92 Å². The van der Waals surface area contributed by atoms with Crippen molar-refractivity contribution in [1.29, 1.82) is 0 Å². The minimum absolute atomic E-state index is 0.0413. The van der Waals surface area contributed by atoms with Gasteiger partial charge in [-0.3, -0.25) is 4.79 Å². The number of carbonyl (C=O) groups excluding carboxylic acids is 2. The lowest BCUT2D eigenvalue weighted by atomic mass is 10.1. The quantitative estimate of drug-likeness (QED) is 0.311. The summed E-state index contributed by atoms with van der Waals surface area (Å²) in [5.74, 6) is 1.18. The van der Waals surface area contributed by atoms with Gasteiger partial charge in [0.25, 0.3) is 0 Å². The van der Waals surface area contributed by atoms with Crippen molar-refractivity contribution in [2.24, 2.45) is 0 Å². The van der Waals surface area contributed by atoms with Gasteiger partial charge in [0.15, 0.2) is 11.5 Å². The van der Waals surface area contributed by atoms with Crippen molar-refractivity contribution < 1.29 is 19.1 Å². The summed E-state index contributed by atoms with van der Waals surface area (Å²) in [6.07, 6.45) is 0.632. The fraction of sp³-hybridized carbons (Fsp3) is 0.357. The lowest BCUT2D eigenvalue weighted by molar-refractivity contribution is -0.132. The number of methoxy groups -OCH3 is 2. The minimum atomic E-state index is -0.350. The topological polar surface area (TPSA) is 71.1 Å². The van der Waals surface area contributed by atoms with Crippen LogP contribution in [0.25, 0.3) is 0 Å². The van der Waals surface area contributed by atoms with Crippen LogP contribution in [-0.4, -0.2) is 55.1 Å². The van der Waals surface area contributed by atoms with Crippen LogP contribution < -0.4 is 14.8 Å². The van der Waals surface area contributed by atoms with E-state index in [0.29, 0.717) is 41.7 Å². The Morgan fingerprint density at radius 3 is 2.41 bits per heavy atom. The van der Waals surface area contributed by atoms with Crippen LogP contribution in [0.15, 0.2) is 54.6 Å². The Morgan fingerprint density at radius 1 is 1.03 bits per heavy atom. The molecule has 1 N–H and O–H groups in total. The average molecular weight is 544 g/mol. The zero-order chi connectivity index (χ0) is 26.9. The monoisotopic (exact) mass is 543 g/mol. The molecule has 3 amide bonds. The van der Waals surface area contributed by atoms with Gasteiger partial charge in [-0.1, -0.05) is 23.7 Å². The molecule has 37 heavy (non-hydrogen) atoms. The first-order valence-corrected chi connectivity index (χ1v) is 13.3. The molecule has 0 bridgehead atoms. The average Bonchev–Trinajstić information content (AvgIpc) is 3.28. The lowest BCUT2D eigenvalue weighted by Gasteiger charge is -2.30. The molecule has 0 aliphatic carbocycles. The number of hydrogen-bond acceptors (Lipinski definition) is 5. The van der Waals surface area contributed by atoms with Crippen molar-refractivity contribution in [3.8, 4) is 11.5 Å². The van der Waals surface area contributed by atoms with Gasteiger partial charge >= 0.3 is 6.03 Å². The van der Waals surface area contributed by atoms with E-state index in [2.05, 4.69) is 11.4 Å². The van der Waals surface area contributed by atoms with E-state index in [1.807, 2.05) is 49.9 Å². The van der Waals surface area contributed by atoms with Gasteiger partial charge in [0, 0.05) is 33.1 Å². The number of halogens is 1. The Balaban J connectivity index is 1.75. The van der Waals surface area contributed by atoms with Gasteiger partial charge in [-0.25, -0.2) is 4.79 Å². The van der Waals surface area contributed by atoms with Crippen LogP contribution in [0.2, 0.25) is 5.02 Å². The second kappa shape index (κ2) is 13.4. The number of carbonyl (C=O) groups is 2. The molecule has 0 aliphatic heterocycles. The molecule has 3 aromatic rings. The third kappa shape index (κ3) is 8.13. The first kappa shape index (κ1) is 28.3. The highest BCUT2D eigenvalue weighted by Crippen LogP contribution is 2.28. The molecule has 0 radical (unpaired) electrons. The molecular weight excluding hydrogens is 510 g/mol. The molecule has 0 fully saturated rings. The van der Waals surface area contributed by atoms with Crippen molar-refractivity contribution in [3.63, 3.8) is 0 Å². The molecular formula is C28H34ClN3O4S. The summed E-state index contributed by atoms with van der Waals surface area (Å²) in [6.45, 7) is 6.76. The molecule has 198 valence electrons. The molecule has 9 heteroatoms. The van der Waals surface area contributed by atoms with E-state index in [1.54, 1.807) is 49.8 Å². The molecule has 0 spiro atoms. The fourth-order valence-corrected chi connectivity index (χ4v) is 4.94. The van der Waals surface area contributed by atoms with Crippen molar-refractivity contribution in [2.45, 2.75) is 39.8 Å². The number of hydrogen-bond donors (Lipinski definition) is 1. The summed E-state index contributed by atoms with van der Waals surface area (Å²) in [5, 5.41) is 3.38. The van der Waals surface area contributed by atoms with Crippen molar-refractivity contribution >= 4 is 40.6 Å². The van der Waals surface area contributed by atoms with Crippen LogP contribution >= 0.6 is 22.9 Å². The molecule has 7 nitrogen and oxygen atoms in total. The standard InChI is InChI=1S/C28H34ClN3O4S/c1-19(2)32(28(34)30-23-8-6-7-22(29)16-23)18-27(33)31(17-24-11-9-20(3)37-24)14-13-21-10-12-25(35-4)26(15-21)36-5/h6-12,15-16,19H,13-14,17-18H2,1-5H3,(H,30,34). The van der Waals surface area contributed by atoms with E-state index in [0.717, 1.165) is 10.4 Å². The molecule has 3 rings (SSSR count). The Labute approximate surface area is 227 Å². The van der Waals surface area contributed by atoms with Gasteiger partial charge in [-0.2, -0.15) is 0 Å². The molecule has 0 unspecified atom stereocenters. The maximum absolute atomic E-state index is 13.6. The number of thiophene rings is 1. The smallest absolute Gasteiger partial charge is 0.322 e. The summed E-state index contributed by atoms with van der Waals surface area (Å²) >= 11 is 7.72.